The van der Waals surface area contributed by atoms with Crippen molar-refractivity contribution in [2.75, 3.05) is 13.1 Å². The van der Waals surface area contributed by atoms with Gasteiger partial charge in [0, 0.05) is 19.0 Å². The van der Waals surface area contributed by atoms with Crippen molar-refractivity contribution in [3.05, 3.63) is 71.0 Å². The Morgan fingerprint density at radius 1 is 1.19 bits per heavy atom. The quantitative estimate of drug-likeness (QED) is 0.908. The molecule has 2 unspecified atom stereocenters. The molecule has 1 saturated heterocycles. The summed E-state index contributed by atoms with van der Waals surface area (Å²) in [5.41, 5.74) is 2.29. The number of carboxylic acid groups (broad SMARTS) is 1. The summed E-state index contributed by atoms with van der Waals surface area (Å²) in [6.07, 6.45) is -0.539. The Hall–Kier alpha value is -2.89. The Kier molecular flexibility index (Phi) is 5.21. The molecule has 136 valence electrons. The SMILES string of the molecule is Cc1cc(F)ccc1C1CN(C(=O)OCc2ccccc2)CC1C(=O)O. The molecule has 6 heteroatoms. The largest absolute Gasteiger partial charge is 0.481 e. The lowest BCUT2D eigenvalue weighted by atomic mass is 9.86. The van der Waals surface area contributed by atoms with Gasteiger partial charge < -0.3 is 14.7 Å². The summed E-state index contributed by atoms with van der Waals surface area (Å²) in [6, 6.07) is 13.6. The number of carboxylic acids is 1. The molecule has 0 saturated carbocycles. The van der Waals surface area contributed by atoms with Gasteiger partial charge in [-0.3, -0.25) is 4.79 Å². The first-order chi connectivity index (χ1) is 12.5. The Bertz CT molecular complexity index is 809. The van der Waals surface area contributed by atoms with Crippen LogP contribution in [0.15, 0.2) is 48.5 Å². The number of carbonyl (C=O) groups is 2. The topological polar surface area (TPSA) is 66.8 Å². The highest BCUT2D eigenvalue weighted by Gasteiger charge is 2.41. The summed E-state index contributed by atoms with van der Waals surface area (Å²) < 4.78 is 18.7. The van der Waals surface area contributed by atoms with Crippen LogP contribution in [0.25, 0.3) is 0 Å². The monoisotopic (exact) mass is 357 g/mol. The summed E-state index contributed by atoms with van der Waals surface area (Å²) in [6.45, 7) is 2.18. The Balaban J connectivity index is 1.72. The van der Waals surface area contributed by atoms with Gasteiger partial charge in [-0.15, -0.1) is 0 Å². The van der Waals surface area contributed by atoms with Gasteiger partial charge in [-0.1, -0.05) is 36.4 Å². The fourth-order valence-electron chi connectivity index (χ4n) is 3.38. The van der Waals surface area contributed by atoms with E-state index in [4.69, 9.17) is 4.74 Å². The highest BCUT2D eigenvalue weighted by Crippen LogP contribution is 2.35. The number of hydrogen-bond acceptors (Lipinski definition) is 3. The zero-order valence-electron chi connectivity index (χ0n) is 14.4. The van der Waals surface area contributed by atoms with Crippen LogP contribution in [-0.4, -0.2) is 35.2 Å². The van der Waals surface area contributed by atoms with E-state index in [2.05, 4.69) is 0 Å². The van der Waals surface area contributed by atoms with E-state index in [1.165, 1.54) is 17.0 Å². The first kappa shape index (κ1) is 17.9. The molecule has 2 atom stereocenters. The van der Waals surface area contributed by atoms with E-state index in [-0.39, 0.29) is 25.5 Å². The van der Waals surface area contributed by atoms with E-state index < -0.39 is 23.9 Å². The third-order valence-corrected chi connectivity index (χ3v) is 4.73. The van der Waals surface area contributed by atoms with Crippen molar-refractivity contribution in [2.24, 2.45) is 5.92 Å². The number of benzene rings is 2. The number of carbonyl (C=O) groups excluding carboxylic acids is 1. The van der Waals surface area contributed by atoms with Crippen molar-refractivity contribution in [1.82, 2.24) is 4.90 Å². The zero-order chi connectivity index (χ0) is 18.7. The first-order valence-electron chi connectivity index (χ1n) is 8.40. The molecule has 1 fully saturated rings. The average Bonchev–Trinajstić information content (AvgIpc) is 3.06. The molecule has 0 radical (unpaired) electrons. The maximum Gasteiger partial charge on any atom is 0.410 e. The molecule has 1 amide bonds. The number of nitrogens with zero attached hydrogens (tertiary/aromatic N) is 1. The highest BCUT2D eigenvalue weighted by atomic mass is 19.1. The molecule has 0 aliphatic carbocycles. The van der Waals surface area contributed by atoms with Gasteiger partial charge in [-0.05, 0) is 35.7 Å². The van der Waals surface area contributed by atoms with E-state index in [0.29, 0.717) is 5.56 Å². The molecular weight excluding hydrogens is 337 g/mol. The van der Waals surface area contributed by atoms with Gasteiger partial charge in [-0.25, -0.2) is 9.18 Å². The predicted molar refractivity (Wildman–Crippen MR) is 93.2 cm³/mol. The summed E-state index contributed by atoms with van der Waals surface area (Å²) in [5.74, 6) is -2.48. The van der Waals surface area contributed by atoms with E-state index >= 15 is 0 Å². The van der Waals surface area contributed by atoms with Crippen LogP contribution in [0.4, 0.5) is 9.18 Å². The average molecular weight is 357 g/mol. The Morgan fingerprint density at radius 3 is 2.58 bits per heavy atom. The van der Waals surface area contributed by atoms with Gasteiger partial charge in [0.05, 0.1) is 5.92 Å². The minimum atomic E-state index is -0.975. The number of hydrogen-bond donors (Lipinski definition) is 1. The van der Waals surface area contributed by atoms with Crippen LogP contribution in [0.5, 0.6) is 0 Å². The van der Waals surface area contributed by atoms with Crippen molar-refractivity contribution in [1.29, 1.82) is 0 Å². The number of halogens is 1. The normalized spacial score (nSPS) is 19.4. The van der Waals surface area contributed by atoms with Crippen molar-refractivity contribution in [2.45, 2.75) is 19.4 Å². The van der Waals surface area contributed by atoms with Crippen LogP contribution in [0.3, 0.4) is 0 Å². The van der Waals surface area contributed by atoms with Gasteiger partial charge >= 0.3 is 12.1 Å². The number of likely N-dealkylation sites (tertiary alicyclic amines) is 1. The fourth-order valence-corrected chi connectivity index (χ4v) is 3.38. The molecule has 1 aliphatic heterocycles. The van der Waals surface area contributed by atoms with E-state index in [0.717, 1.165) is 11.1 Å². The molecule has 1 N–H and O–H groups in total. The van der Waals surface area contributed by atoms with Crippen molar-refractivity contribution >= 4 is 12.1 Å². The number of aryl methyl sites for hydroxylation is 1. The second-order valence-corrected chi connectivity index (χ2v) is 6.50. The summed E-state index contributed by atoms with van der Waals surface area (Å²) in [7, 11) is 0. The highest BCUT2D eigenvalue weighted by molar-refractivity contribution is 5.76. The van der Waals surface area contributed by atoms with Crippen LogP contribution in [-0.2, 0) is 16.1 Å². The number of amides is 1. The lowest BCUT2D eigenvalue weighted by Gasteiger charge is -2.18. The van der Waals surface area contributed by atoms with Gasteiger partial charge in [0.25, 0.3) is 0 Å². The summed E-state index contributed by atoms with van der Waals surface area (Å²) in [5, 5.41) is 9.55. The third-order valence-electron chi connectivity index (χ3n) is 4.73. The third kappa shape index (κ3) is 3.85. The number of ether oxygens (including phenoxy) is 1. The van der Waals surface area contributed by atoms with Crippen molar-refractivity contribution in [3.63, 3.8) is 0 Å². The lowest BCUT2D eigenvalue weighted by molar-refractivity contribution is -0.141. The minimum Gasteiger partial charge on any atom is -0.481 e. The number of rotatable bonds is 4. The minimum absolute atomic E-state index is 0.0738. The van der Waals surface area contributed by atoms with Crippen LogP contribution in [0, 0.1) is 18.7 Å². The van der Waals surface area contributed by atoms with Crippen molar-refractivity contribution < 1.29 is 23.8 Å². The second kappa shape index (κ2) is 7.56. The molecule has 26 heavy (non-hydrogen) atoms. The van der Waals surface area contributed by atoms with Crippen LogP contribution in [0.1, 0.15) is 22.6 Å². The van der Waals surface area contributed by atoms with Crippen LogP contribution in [0.2, 0.25) is 0 Å². The Labute approximate surface area is 151 Å². The first-order valence-corrected chi connectivity index (χ1v) is 8.40. The molecular formula is C20H20FNO4. The molecule has 1 heterocycles. The second-order valence-electron chi connectivity index (χ2n) is 6.50. The van der Waals surface area contributed by atoms with E-state index in [1.54, 1.807) is 13.0 Å². The van der Waals surface area contributed by atoms with Crippen LogP contribution < -0.4 is 0 Å². The zero-order valence-corrected chi connectivity index (χ0v) is 14.4. The van der Waals surface area contributed by atoms with Crippen molar-refractivity contribution in [3.8, 4) is 0 Å². The molecule has 0 bridgehead atoms. The van der Waals surface area contributed by atoms with Crippen LogP contribution >= 0.6 is 0 Å². The smallest absolute Gasteiger partial charge is 0.410 e. The fraction of sp³-hybridized carbons (Fsp3) is 0.300. The molecule has 0 spiro atoms. The molecule has 2 aromatic carbocycles. The molecule has 2 aromatic rings. The van der Waals surface area contributed by atoms with Gasteiger partial charge in [0.15, 0.2) is 0 Å². The summed E-state index contributed by atoms with van der Waals surface area (Å²) >= 11 is 0. The standard InChI is InChI=1S/C20H20FNO4/c1-13-9-15(21)7-8-16(13)17-10-22(11-18(17)19(23)24)20(25)26-12-14-5-3-2-4-6-14/h2-9,17-18H,10-12H2,1H3,(H,23,24). The van der Waals surface area contributed by atoms with Gasteiger partial charge in [-0.2, -0.15) is 0 Å². The van der Waals surface area contributed by atoms with E-state index in [9.17, 15) is 19.1 Å². The Morgan fingerprint density at radius 2 is 1.92 bits per heavy atom. The lowest BCUT2D eigenvalue weighted by Crippen LogP contribution is -2.30. The maximum absolute atomic E-state index is 13.4. The number of aliphatic carboxylic acids is 1. The molecule has 1 aliphatic rings. The predicted octanol–water partition coefficient (Wildman–Crippen LogP) is 3.57. The molecule has 3 rings (SSSR count). The molecule has 0 aromatic heterocycles. The van der Waals surface area contributed by atoms with Gasteiger partial charge in [0.1, 0.15) is 12.4 Å². The maximum atomic E-state index is 13.4. The van der Waals surface area contributed by atoms with E-state index in [1.807, 2.05) is 30.3 Å². The molecule has 5 nitrogen and oxygen atoms in total. The van der Waals surface area contributed by atoms with Gasteiger partial charge in [0.2, 0.25) is 0 Å². The summed E-state index contributed by atoms with van der Waals surface area (Å²) in [4.78, 5) is 25.4.